The van der Waals surface area contributed by atoms with E-state index < -0.39 is 0 Å². The van der Waals surface area contributed by atoms with Crippen LogP contribution in [-0.4, -0.2) is 20.8 Å². The van der Waals surface area contributed by atoms with E-state index >= 15 is 0 Å². The normalized spacial score (nSPS) is 10.8. The third-order valence-electron chi connectivity index (χ3n) is 3.84. The summed E-state index contributed by atoms with van der Waals surface area (Å²) in [5, 5.41) is 11.5. The summed E-state index contributed by atoms with van der Waals surface area (Å²) < 4.78 is 6.85. The first-order valence-electron chi connectivity index (χ1n) is 7.46. The van der Waals surface area contributed by atoms with Gasteiger partial charge in [-0.25, -0.2) is 0 Å². The maximum absolute atomic E-state index is 12.7. The Morgan fingerprint density at radius 3 is 2.62 bits per heavy atom. The summed E-state index contributed by atoms with van der Waals surface area (Å²) in [5.74, 6) is 0.269. The van der Waals surface area contributed by atoms with E-state index in [1.54, 1.807) is 24.0 Å². The summed E-state index contributed by atoms with van der Waals surface area (Å²) in [6, 6.07) is 5.85. The highest BCUT2D eigenvalue weighted by molar-refractivity contribution is 6.30. The zero-order valence-corrected chi connectivity index (χ0v) is 14.4. The van der Waals surface area contributed by atoms with Gasteiger partial charge in [0.1, 0.15) is 5.76 Å². The highest BCUT2D eigenvalue weighted by Gasteiger charge is 2.21. The van der Waals surface area contributed by atoms with Crippen LogP contribution in [-0.2, 0) is 6.54 Å². The minimum atomic E-state index is -0.308. The number of hydrogen-bond donors (Lipinski definition) is 1. The van der Waals surface area contributed by atoms with E-state index in [0.717, 1.165) is 16.8 Å². The Morgan fingerprint density at radius 1 is 1.29 bits per heavy atom. The molecule has 0 aliphatic rings. The molecule has 2 heterocycles. The summed E-state index contributed by atoms with van der Waals surface area (Å²) in [7, 11) is 0. The molecule has 6 nitrogen and oxygen atoms in total. The Labute approximate surface area is 144 Å². The lowest BCUT2D eigenvalue weighted by atomic mass is 10.1. The molecular formula is C17H17ClN4O2. The number of halogens is 1. The first kappa shape index (κ1) is 16.3. The van der Waals surface area contributed by atoms with Crippen LogP contribution in [0.1, 0.15) is 32.9 Å². The van der Waals surface area contributed by atoms with Gasteiger partial charge >= 0.3 is 0 Å². The second-order valence-electron chi connectivity index (χ2n) is 5.64. The van der Waals surface area contributed by atoms with Crippen molar-refractivity contribution in [3.8, 4) is 0 Å². The summed E-state index contributed by atoms with van der Waals surface area (Å²) in [6.45, 7) is 6.02. The lowest BCUT2D eigenvalue weighted by Crippen LogP contribution is -2.17. The molecule has 3 rings (SSSR count). The van der Waals surface area contributed by atoms with Gasteiger partial charge in [0.2, 0.25) is 0 Å². The molecule has 0 aliphatic heterocycles. The molecule has 124 valence electrons. The molecule has 24 heavy (non-hydrogen) atoms. The molecule has 0 unspecified atom stereocenters. The van der Waals surface area contributed by atoms with E-state index in [4.69, 9.17) is 16.1 Å². The van der Waals surface area contributed by atoms with Crippen molar-refractivity contribution in [3.63, 3.8) is 0 Å². The van der Waals surface area contributed by atoms with E-state index in [9.17, 15) is 4.79 Å². The van der Waals surface area contributed by atoms with E-state index in [1.165, 1.54) is 0 Å². The number of aromatic nitrogens is 3. The molecule has 3 aromatic rings. The number of amides is 1. The maximum atomic E-state index is 12.7. The van der Waals surface area contributed by atoms with Gasteiger partial charge in [0, 0.05) is 17.4 Å². The van der Waals surface area contributed by atoms with Gasteiger partial charge in [0.05, 0.1) is 17.8 Å². The zero-order valence-electron chi connectivity index (χ0n) is 13.6. The lowest BCUT2D eigenvalue weighted by molar-refractivity contribution is 0.101. The lowest BCUT2D eigenvalue weighted by Gasteiger charge is -2.11. The molecule has 0 atom stereocenters. The molecule has 1 aromatic carbocycles. The Morgan fingerprint density at radius 2 is 2.00 bits per heavy atom. The van der Waals surface area contributed by atoms with Crippen LogP contribution < -0.4 is 5.32 Å². The monoisotopic (exact) mass is 344 g/mol. The Kier molecular flexibility index (Phi) is 4.40. The van der Waals surface area contributed by atoms with Gasteiger partial charge in [-0.1, -0.05) is 35.0 Å². The number of nitrogens with one attached hydrogen (secondary N) is 1. The number of hydrogen-bond acceptors (Lipinski definition) is 4. The van der Waals surface area contributed by atoms with Crippen molar-refractivity contribution in [1.29, 1.82) is 0 Å². The standard InChI is InChI=1S/C17H17ClN4O2/c1-10-5-4-6-11(2)15(10)20-17(23)16-14(12(3)24-21-16)9-22-8-13(18)7-19-22/h4-8H,9H2,1-3H3,(H,20,23). The number of aryl methyl sites for hydroxylation is 3. The molecule has 0 bridgehead atoms. The van der Waals surface area contributed by atoms with Crippen molar-refractivity contribution in [3.05, 3.63) is 63.8 Å². The van der Waals surface area contributed by atoms with Gasteiger partial charge in [-0.2, -0.15) is 5.10 Å². The van der Waals surface area contributed by atoms with Crippen molar-refractivity contribution in [2.75, 3.05) is 5.32 Å². The fourth-order valence-corrected chi connectivity index (χ4v) is 2.68. The molecule has 0 saturated heterocycles. The Bertz CT molecular complexity index is 878. The van der Waals surface area contributed by atoms with Gasteiger partial charge in [0.15, 0.2) is 5.69 Å². The van der Waals surface area contributed by atoms with Crippen molar-refractivity contribution >= 4 is 23.2 Å². The maximum Gasteiger partial charge on any atom is 0.278 e. The fraction of sp³-hybridized carbons (Fsp3) is 0.235. The molecule has 2 aromatic heterocycles. The van der Waals surface area contributed by atoms with Crippen LogP contribution in [0.2, 0.25) is 5.02 Å². The zero-order chi connectivity index (χ0) is 17.3. The third-order valence-corrected chi connectivity index (χ3v) is 4.04. The van der Waals surface area contributed by atoms with Crippen molar-refractivity contribution in [2.45, 2.75) is 27.3 Å². The molecule has 0 radical (unpaired) electrons. The minimum absolute atomic E-state index is 0.252. The number of nitrogens with zero attached hydrogens (tertiary/aromatic N) is 3. The van der Waals surface area contributed by atoms with Crippen LogP contribution in [0, 0.1) is 20.8 Å². The van der Waals surface area contributed by atoms with Crippen LogP contribution in [0.3, 0.4) is 0 Å². The second kappa shape index (κ2) is 6.49. The minimum Gasteiger partial charge on any atom is -0.361 e. The summed E-state index contributed by atoms with van der Waals surface area (Å²) in [5.41, 5.74) is 3.70. The molecule has 1 amide bonds. The molecular weight excluding hydrogens is 328 g/mol. The van der Waals surface area contributed by atoms with Gasteiger partial charge < -0.3 is 9.84 Å². The highest BCUT2D eigenvalue weighted by Crippen LogP contribution is 2.22. The van der Waals surface area contributed by atoms with Crippen LogP contribution >= 0.6 is 11.6 Å². The van der Waals surface area contributed by atoms with Crippen molar-refractivity contribution < 1.29 is 9.32 Å². The summed E-state index contributed by atoms with van der Waals surface area (Å²) >= 11 is 5.88. The van der Waals surface area contributed by atoms with Crippen molar-refractivity contribution in [1.82, 2.24) is 14.9 Å². The van der Waals surface area contributed by atoms with E-state index in [0.29, 0.717) is 22.9 Å². The summed E-state index contributed by atoms with van der Waals surface area (Å²) in [6.07, 6.45) is 3.22. The van der Waals surface area contributed by atoms with Crippen LogP contribution in [0.15, 0.2) is 35.1 Å². The largest absolute Gasteiger partial charge is 0.361 e. The third kappa shape index (κ3) is 3.19. The first-order valence-corrected chi connectivity index (χ1v) is 7.84. The van der Waals surface area contributed by atoms with Crippen LogP contribution in [0.4, 0.5) is 5.69 Å². The average Bonchev–Trinajstić information content (AvgIpc) is 3.10. The van der Waals surface area contributed by atoms with E-state index in [-0.39, 0.29) is 11.6 Å². The second-order valence-corrected chi connectivity index (χ2v) is 6.08. The number of carbonyl (C=O) groups is 1. The predicted molar refractivity (Wildman–Crippen MR) is 91.4 cm³/mol. The van der Waals surface area contributed by atoms with Gasteiger partial charge in [-0.05, 0) is 31.9 Å². The quantitative estimate of drug-likeness (QED) is 0.782. The SMILES string of the molecule is Cc1cccc(C)c1NC(=O)c1noc(C)c1Cn1cc(Cl)cn1. The molecule has 0 aliphatic carbocycles. The van der Waals surface area contributed by atoms with Crippen molar-refractivity contribution in [2.24, 2.45) is 0 Å². The number of para-hydroxylation sites is 1. The summed E-state index contributed by atoms with van der Waals surface area (Å²) in [4.78, 5) is 12.7. The van der Waals surface area contributed by atoms with Crippen LogP contribution in [0.25, 0.3) is 0 Å². The molecule has 1 N–H and O–H groups in total. The topological polar surface area (TPSA) is 73.0 Å². The number of rotatable bonds is 4. The van der Waals surface area contributed by atoms with Gasteiger partial charge in [0.25, 0.3) is 5.91 Å². The molecule has 0 spiro atoms. The number of benzene rings is 1. The molecule has 0 saturated carbocycles. The van der Waals surface area contributed by atoms with E-state index in [2.05, 4.69) is 15.6 Å². The highest BCUT2D eigenvalue weighted by atomic mass is 35.5. The Balaban J connectivity index is 1.88. The van der Waals surface area contributed by atoms with Crippen LogP contribution in [0.5, 0.6) is 0 Å². The smallest absolute Gasteiger partial charge is 0.278 e. The fourth-order valence-electron chi connectivity index (χ4n) is 2.53. The average molecular weight is 345 g/mol. The van der Waals surface area contributed by atoms with Gasteiger partial charge in [-0.3, -0.25) is 9.48 Å². The first-order chi connectivity index (χ1) is 11.5. The van der Waals surface area contributed by atoms with Gasteiger partial charge in [-0.15, -0.1) is 0 Å². The predicted octanol–water partition coefficient (Wildman–Crippen LogP) is 3.75. The molecule has 7 heteroatoms. The van der Waals surface area contributed by atoms with E-state index in [1.807, 2.05) is 32.0 Å². The number of carbonyl (C=O) groups excluding carboxylic acids is 1. The Hall–Kier alpha value is -2.60. The number of anilines is 1. The molecule has 0 fully saturated rings.